The molecule has 0 bridgehead atoms. The normalized spacial score (nSPS) is 6.46. The predicted molar refractivity (Wildman–Crippen MR) is 120 cm³/mol. The van der Waals surface area contributed by atoms with E-state index in [9.17, 15) is 0 Å². The van der Waals surface area contributed by atoms with Crippen LogP contribution in [0.5, 0.6) is 0 Å². The third-order valence-electron chi connectivity index (χ3n) is 1.41. The van der Waals surface area contributed by atoms with E-state index in [2.05, 4.69) is 6.07 Å². The Balaban J connectivity index is -0.0000000271. The molecule has 1 aromatic rings. The molecule has 0 aliphatic rings. The first-order valence-corrected chi connectivity index (χ1v) is 9.60. The first-order valence-electron chi connectivity index (χ1n) is 9.60. The molecule has 0 aliphatic heterocycles. The number of allylic oxidation sites excluding steroid dienone is 4. The summed E-state index contributed by atoms with van der Waals surface area (Å²) in [6.45, 7) is 29.2. The third-order valence-corrected chi connectivity index (χ3v) is 1.41. The van der Waals surface area contributed by atoms with Gasteiger partial charge in [0.1, 0.15) is 0 Å². The minimum absolute atomic E-state index is 0. The van der Waals surface area contributed by atoms with Gasteiger partial charge in [0.2, 0.25) is 0 Å². The Morgan fingerprint density at radius 1 is 0.731 bits per heavy atom. The number of benzene rings is 1. The van der Waals surface area contributed by atoms with Gasteiger partial charge in [-0.25, -0.2) is 12.1 Å². The summed E-state index contributed by atoms with van der Waals surface area (Å²) in [7, 11) is 0. The van der Waals surface area contributed by atoms with E-state index in [1.807, 2.05) is 132 Å². The van der Waals surface area contributed by atoms with Crippen LogP contribution in [-0.2, 0) is 42.1 Å². The molecular formula is C24H46W2. The summed E-state index contributed by atoms with van der Waals surface area (Å²) in [5, 5.41) is 0. The molecule has 0 unspecified atom stereocenters. The smallest absolute Gasteiger partial charge is 0.344 e. The van der Waals surface area contributed by atoms with Gasteiger partial charge < -0.3 is 18.2 Å². The molecule has 0 aliphatic carbocycles. The molecular weight excluding hydrogens is 656 g/mol. The van der Waals surface area contributed by atoms with Gasteiger partial charge in [-0.15, -0.1) is 6.07 Å². The average Bonchev–Trinajstić information content (AvgIpc) is 2.75. The zero-order valence-corrected chi connectivity index (χ0v) is 25.5. The molecule has 0 saturated carbocycles. The van der Waals surface area contributed by atoms with Gasteiger partial charge in [-0.2, -0.15) is 12.1 Å². The van der Waals surface area contributed by atoms with Crippen LogP contribution in [0.1, 0.15) is 88.6 Å². The van der Waals surface area contributed by atoms with Crippen molar-refractivity contribution >= 4 is 6.08 Å². The molecule has 2 heteroatoms. The van der Waals surface area contributed by atoms with Crippen LogP contribution in [0.25, 0.3) is 6.08 Å². The quantitative estimate of drug-likeness (QED) is 0.213. The molecule has 0 spiro atoms. The maximum absolute atomic E-state index is 5.19. The number of hydrogen-bond acceptors (Lipinski definition) is 0. The monoisotopic (exact) mass is 702 g/mol. The van der Waals surface area contributed by atoms with Gasteiger partial charge in [-0.05, 0) is 13.8 Å². The largest absolute Gasteiger partial charge is 2.00 e. The minimum Gasteiger partial charge on any atom is -0.344 e. The van der Waals surface area contributed by atoms with Crippen LogP contribution in [0.4, 0.5) is 0 Å². The van der Waals surface area contributed by atoms with Gasteiger partial charge in [-0.3, -0.25) is 0 Å². The molecule has 0 heterocycles. The molecule has 0 atom stereocenters. The van der Waals surface area contributed by atoms with Crippen molar-refractivity contribution < 1.29 is 42.1 Å². The first kappa shape index (κ1) is 50.1. The molecule has 0 saturated heterocycles. The predicted octanol–water partition coefficient (Wildman–Crippen LogP) is 9.20. The molecule has 26 heavy (non-hydrogen) atoms. The van der Waals surface area contributed by atoms with Crippen LogP contribution in [0, 0.1) is 12.6 Å². The summed E-state index contributed by atoms with van der Waals surface area (Å²) >= 11 is 0. The van der Waals surface area contributed by atoms with Gasteiger partial charge in [0, 0.05) is 21.1 Å². The van der Waals surface area contributed by atoms with E-state index in [1.54, 1.807) is 0 Å². The standard InChI is InChI=1S/C8H6.C6H10.5C2H6.2W/c1-2-8-6-4-3-5-7-8;1-3-5-6-4-2;5*1-2;;/h1-6H;3-6H,1-2H3;5*1-2H3;;/q-2;;;;;;;;+2/b;5-3-,6-4-;;;;;;;. The molecule has 154 valence electrons. The van der Waals surface area contributed by atoms with Crippen molar-refractivity contribution in [3.05, 3.63) is 66.8 Å². The summed E-state index contributed by atoms with van der Waals surface area (Å²) in [5.41, 5.74) is 0.938. The van der Waals surface area contributed by atoms with Crippen molar-refractivity contribution in [2.75, 3.05) is 0 Å². The van der Waals surface area contributed by atoms with E-state index in [4.69, 9.17) is 6.58 Å². The zero-order chi connectivity index (χ0) is 20.6. The second-order valence-electron chi connectivity index (χ2n) is 2.54. The van der Waals surface area contributed by atoms with Crippen molar-refractivity contribution in [2.24, 2.45) is 0 Å². The van der Waals surface area contributed by atoms with E-state index in [0.29, 0.717) is 0 Å². The van der Waals surface area contributed by atoms with E-state index < -0.39 is 0 Å². The summed E-state index contributed by atoms with van der Waals surface area (Å²) < 4.78 is 0. The third kappa shape index (κ3) is 75.5. The summed E-state index contributed by atoms with van der Waals surface area (Å²) in [5.74, 6) is 0. The fraction of sp³-hybridized carbons (Fsp3) is 0.500. The molecule has 0 aromatic heterocycles. The second kappa shape index (κ2) is 85.7. The van der Waals surface area contributed by atoms with Crippen LogP contribution >= 0.6 is 0 Å². The molecule has 0 N–H and O–H groups in total. The van der Waals surface area contributed by atoms with E-state index >= 15 is 0 Å². The van der Waals surface area contributed by atoms with Crippen molar-refractivity contribution in [3.63, 3.8) is 0 Å². The van der Waals surface area contributed by atoms with Crippen molar-refractivity contribution in [3.8, 4) is 0 Å². The Bertz CT molecular complexity index is 278. The molecule has 0 nitrogen and oxygen atoms in total. The van der Waals surface area contributed by atoms with E-state index in [0.717, 1.165) is 5.56 Å². The summed E-state index contributed by atoms with van der Waals surface area (Å²) in [4.78, 5) is 0. The maximum Gasteiger partial charge on any atom is 2.00 e. The molecule has 1 rings (SSSR count). The minimum atomic E-state index is 0. The van der Waals surface area contributed by atoms with Crippen molar-refractivity contribution in [2.45, 2.75) is 83.1 Å². The Labute approximate surface area is 197 Å². The van der Waals surface area contributed by atoms with Crippen LogP contribution in [0.3, 0.4) is 0 Å². The Kier molecular flexibility index (Phi) is 165. The van der Waals surface area contributed by atoms with Gasteiger partial charge in [0.25, 0.3) is 0 Å². The van der Waals surface area contributed by atoms with Gasteiger partial charge in [-0.1, -0.05) is 93.5 Å². The Morgan fingerprint density at radius 3 is 1.23 bits per heavy atom. The van der Waals surface area contributed by atoms with Crippen molar-refractivity contribution in [1.29, 1.82) is 0 Å². The van der Waals surface area contributed by atoms with Crippen molar-refractivity contribution in [1.82, 2.24) is 0 Å². The van der Waals surface area contributed by atoms with Gasteiger partial charge in [0.15, 0.2) is 0 Å². The van der Waals surface area contributed by atoms with E-state index in [-0.39, 0.29) is 42.1 Å². The fourth-order valence-electron chi connectivity index (χ4n) is 0.733. The molecule has 1 aromatic carbocycles. The van der Waals surface area contributed by atoms with Crippen LogP contribution in [-0.4, -0.2) is 0 Å². The van der Waals surface area contributed by atoms with Gasteiger partial charge in [0.05, 0.1) is 0 Å². The van der Waals surface area contributed by atoms with Crippen LogP contribution in [0.2, 0.25) is 0 Å². The van der Waals surface area contributed by atoms with Gasteiger partial charge >= 0.3 is 21.1 Å². The Hall–Kier alpha value is -0.183. The molecule has 0 fully saturated rings. The second-order valence-corrected chi connectivity index (χ2v) is 2.54. The number of hydrogen-bond donors (Lipinski definition) is 0. The Morgan fingerprint density at radius 2 is 1.08 bits per heavy atom. The van der Waals surface area contributed by atoms with Crippen LogP contribution in [0.15, 0.2) is 48.6 Å². The topological polar surface area (TPSA) is 0 Å². The van der Waals surface area contributed by atoms with Crippen LogP contribution < -0.4 is 0 Å². The number of rotatable bonds is 2. The zero-order valence-electron chi connectivity index (χ0n) is 19.6. The first-order chi connectivity index (χ1) is 11.8. The summed E-state index contributed by atoms with van der Waals surface area (Å²) in [6, 6.07) is 10.5. The molecule has 0 radical (unpaired) electrons. The fourth-order valence-corrected chi connectivity index (χ4v) is 0.733. The average molecular weight is 702 g/mol. The maximum atomic E-state index is 5.19. The summed E-state index contributed by atoms with van der Waals surface area (Å²) in [6.07, 6.45) is 9.53. The van der Waals surface area contributed by atoms with E-state index in [1.165, 1.54) is 6.08 Å². The SMILES string of the molecule is C/C=C\C=C/C.CC.CC.CC.CC.CC.[CH-]=Cc1[c-]cccc1.[W+2].[W]. The molecule has 0 amide bonds.